The predicted molar refractivity (Wildman–Crippen MR) is 139 cm³/mol. The van der Waals surface area contributed by atoms with E-state index in [-0.39, 0.29) is 6.61 Å². The predicted octanol–water partition coefficient (Wildman–Crippen LogP) is 9.58. The summed E-state index contributed by atoms with van der Waals surface area (Å²) in [5, 5.41) is 0. The van der Waals surface area contributed by atoms with E-state index >= 15 is 0 Å². The van der Waals surface area contributed by atoms with E-state index in [1.165, 1.54) is 141 Å². The van der Waals surface area contributed by atoms with Crippen molar-refractivity contribution in [1.29, 1.82) is 0 Å². The van der Waals surface area contributed by atoms with E-state index in [1.54, 1.807) is 0 Å². The van der Waals surface area contributed by atoms with Crippen molar-refractivity contribution >= 4 is 10.4 Å². The fourth-order valence-corrected chi connectivity index (χ4v) is 4.73. The Morgan fingerprint density at radius 3 is 0.875 bits per heavy atom. The lowest BCUT2D eigenvalue weighted by atomic mass is 10.0. The Balaban J connectivity index is 3.04. The summed E-state index contributed by atoms with van der Waals surface area (Å²) in [6.45, 7) is 2.38. The summed E-state index contributed by atoms with van der Waals surface area (Å²) in [4.78, 5) is 0. The molecule has 5 heteroatoms. The van der Waals surface area contributed by atoms with Crippen molar-refractivity contribution in [2.45, 2.75) is 167 Å². The molecule has 0 atom stereocenters. The van der Waals surface area contributed by atoms with Gasteiger partial charge < -0.3 is 0 Å². The van der Waals surface area contributed by atoms with Crippen LogP contribution in [0.25, 0.3) is 0 Å². The van der Waals surface area contributed by atoms with Crippen molar-refractivity contribution < 1.29 is 17.2 Å². The summed E-state index contributed by atoms with van der Waals surface area (Å²) in [5.41, 5.74) is 0. The Hall–Kier alpha value is -0.130. The number of unbranched alkanes of at least 4 members (excludes halogenated alkanes) is 24. The lowest BCUT2D eigenvalue weighted by Gasteiger charge is -2.04. The molecule has 0 rings (SSSR count). The smallest absolute Gasteiger partial charge is 0.264 e. The van der Waals surface area contributed by atoms with Crippen LogP contribution in [0, 0.1) is 0 Å². The number of hydrogen-bond donors (Lipinski definition) is 1. The van der Waals surface area contributed by atoms with Gasteiger partial charge in [0.05, 0.1) is 6.61 Å². The minimum absolute atomic E-state index is 0.0954. The molecule has 0 aliphatic carbocycles. The van der Waals surface area contributed by atoms with Crippen molar-refractivity contribution in [3.63, 3.8) is 0 Å². The molecule has 1 N–H and O–H groups in total. The zero-order valence-corrected chi connectivity index (χ0v) is 22.3. The van der Waals surface area contributed by atoms with Gasteiger partial charge in [-0.1, -0.05) is 161 Å². The zero-order chi connectivity index (χ0) is 23.6. The maximum absolute atomic E-state index is 10.4. The van der Waals surface area contributed by atoms with Gasteiger partial charge in [-0.2, -0.15) is 8.42 Å². The van der Waals surface area contributed by atoms with Crippen LogP contribution in [-0.2, 0) is 14.6 Å². The van der Waals surface area contributed by atoms with E-state index in [2.05, 4.69) is 11.1 Å². The normalized spacial score (nSPS) is 11.9. The molecule has 0 heterocycles. The molecule has 32 heavy (non-hydrogen) atoms. The van der Waals surface area contributed by atoms with Crippen LogP contribution in [0.2, 0.25) is 0 Å². The molecule has 0 amide bonds. The van der Waals surface area contributed by atoms with Gasteiger partial charge in [0.15, 0.2) is 0 Å². The summed E-state index contributed by atoms with van der Waals surface area (Å²) in [6, 6.07) is 0. The first-order valence-corrected chi connectivity index (χ1v) is 15.5. The second-order valence-electron chi connectivity index (χ2n) is 9.73. The van der Waals surface area contributed by atoms with Gasteiger partial charge in [-0.05, 0) is 6.42 Å². The van der Waals surface area contributed by atoms with Gasteiger partial charge in [-0.15, -0.1) is 0 Å². The number of rotatable bonds is 27. The Bertz CT molecular complexity index is 451. The SMILES string of the molecule is CCCCCCCCCCCCCCCCCCCCCCCCCCCOS(=O)(=O)O. The monoisotopic (exact) mass is 476 g/mol. The van der Waals surface area contributed by atoms with Gasteiger partial charge in [0.1, 0.15) is 0 Å². The van der Waals surface area contributed by atoms with Crippen molar-refractivity contribution in [2.75, 3.05) is 6.61 Å². The van der Waals surface area contributed by atoms with Crippen LogP contribution >= 0.6 is 0 Å². The molecule has 0 aromatic heterocycles. The largest absolute Gasteiger partial charge is 0.397 e. The summed E-state index contributed by atoms with van der Waals surface area (Å²) in [5.74, 6) is 0. The molecule has 0 spiro atoms. The second kappa shape index (κ2) is 25.5. The van der Waals surface area contributed by atoms with Gasteiger partial charge in [0.25, 0.3) is 0 Å². The third-order valence-electron chi connectivity index (χ3n) is 6.48. The molecule has 0 aliphatic rings. The van der Waals surface area contributed by atoms with Crippen molar-refractivity contribution in [3.05, 3.63) is 0 Å². The standard InChI is InChI=1S/C27H56O4S/c1-2-3-4-5-6-7-8-9-10-11-12-13-14-15-16-17-18-19-20-21-22-23-24-25-26-27-31-32(28,29)30/h2-27H2,1H3,(H,28,29,30). The van der Waals surface area contributed by atoms with E-state index in [4.69, 9.17) is 4.55 Å². The van der Waals surface area contributed by atoms with Crippen molar-refractivity contribution in [2.24, 2.45) is 0 Å². The molecule has 194 valence electrons. The third kappa shape index (κ3) is 29.9. The molecular weight excluding hydrogens is 420 g/mol. The Morgan fingerprint density at radius 1 is 0.438 bits per heavy atom. The first kappa shape index (κ1) is 31.9. The Kier molecular flexibility index (Phi) is 25.4. The molecule has 0 aliphatic heterocycles. The van der Waals surface area contributed by atoms with Crippen LogP contribution in [0.15, 0.2) is 0 Å². The Labute approximate surface area is 201 Å². The Morgan fingerprint density at radius 2 is 0.656 bits per heavy atom. The highest BCUT2D eigenvalue weighted by atomic mass is 32.3. The van der Waals surface area contributed by atoms with Crippen molar-refractivity contribution in [1.82, 2.24) is 0 Å². The van der Waals surface area contributed by atoms with Gasteiger partial charge in [-0.25, -0.2) is 4.18 Å². The molecular formula is C27H56O4S. The summed E-state index contributed by atoms with van der Waals surface area (Å²) < 4.78 is 33.6. The van der Waals surface area contributed by atoms with Crippen LogP contribution < -0.4 is 0 Å². The van der Waals surface area contributed by atoms with Crippen LogP contribution in [-0.4, -0.2) is 19.6 Å². The molecule has 0 aromatic carbocycles. The van der Waals surface area contributed by atoms with E-state index in [0.29, 0.717) is 6.42 Å². The molecule has 0 unspecified atom stereocenters. The summed E-state index contributed by atoms with van der Waals surface area (Å²) in [7, 11) is -4.25. The van der Waals surface area contributed by atoms with E-state index < -0.39 is 10.4 Å². The molecule has 4 nitrogen and oxygen atoms in total. The van der Waals surface area contributed by atoms with Gasteiger partial charge in [0, 0.05) is 0 Å². The molecule has 0 radical (unpaired) electrons. The molecule has 0 bridgehead atoms. The molecule has 0 saturated carbocycles. The molecule has 0 saturated heterocycles. The topological polar surface area (TPSA) is 63.6 Å². The maximum Gasteiger partial charge on any atom is 0.397 e. The van der Waals surface area contributed by atoms with Gasteiger partial charge >= 0.3 is 10.4 Å². The van der Waals surface area contributed by atoms with E-state index in [1.807, 2.05) is 0 Å². The highest BCUT2D eigenvalue weighted by Gasteiger charge is 2.02. The van der Waals surface area contributed by atoms with Crippen LogP contribution in [0.3, 0.4) is 0 Å². The fraction of sp³-hybridized carbons (Fsp3) is 1.00. The minimum atomic E-state index is -4.25. The first-order valence-electron chi connectivity index (χ1n) is 14.2. The lowest BCUT2D eigenvalue weighted by molar-refractivity contribution is 0.261. The summed E-state index contributed by atoms with van der Waals surface area (Å²) in [6.07, 6.45) is 33.7. The quantitative estimate of drug-likeness (QED) is 0.0946. The highest BCUT2D eigenvalue weighted by Crippen LogP contribution is 2.15. The van der Waals surface area contributed by atoms with Crippen molar-refractivity contribution in [3.8, 4) is 0 Å². The molecule has 0 fully saturated rings. The van der Waals surface area contributed by atoms with E-state index in [0.717, 1.165) is 12.8 Å². The second-order valence-corrected chi connectivity index (χ2v) is 10.8. The average molecular weight is 477 g/mol. The highest BCUT2D eigenvalue weighted by molar-refractivity contribution is 7.80. The summed E-state index contributed by atoms with van der Waals surface area (Å²) >= 11 is 0. The molecule has 0 aromatic rings. The fourth-order valence-electron chi connectivity index (χ4n) is 4.41. The third-order valence-corrected chi connectivity index (χ3v) is 6.94. The number of hydrogen-bond acceptors (Lipinski definition) is 3. The lowest BCUT2D eigenvalue weighted by Crippen LogP contribution is -2.04. The maximum atomic E-state index is 10.4. The van der Waals surface area contributed by atoms with Crippen LogP contribution in [0.5, 0.6) is 0 Å². The first-order chi connectivity index (χ1) is 15.6. The van der Waals surface area contributed by atoms with Crippen LogP contribution in [0.4, 0.5) is 0 Å². The van der Waals surface area contributed by atoms with Gasteiger partial charge in [-0.3, -0.25) is 4.55 Å². The minimum Gasteiger partial charge on any atom is -0.264 e. The zero-order valence-electron chi connectivity index (χ0n) is 21.5. The van der Waals surface area contributed by atoms with Crippen LogP contribution in [0.1, 0.15) is 167 Å². The van der Waals surface area contributed by atoms with E-state index in [9.17, 15) is 8.42 Å². The average Bonchev–Trinajstić information content (AvgIpc) is 2.75. The van der Waals surface area contributed by atoms with Gasteiger partial charge in [0.2, 0.25) is 0 Å².